The highest BCUT2D eigenvalue weighted by Gasteiger charge is 2.31. The maximum atomic E-state index is 12.3. The van der Waals surface area contributed by atoms with Gasteiger partial charge in [-0.05, 0) is 18.2 Å². The summed E-state index contributed by atoms with van der Waals surface area (Å²) in [4.78, 5) is 29.0. The van der Waals surface area contributed by atoms with Crippen molar-refractivity contribution in [2.24, 2.45) is 0 Å². The van der Waals surface area contributed by atoms with Crippen molar-refractivity contribution in [3.63, 3.8) is 0 Å². The van der Waals surface area contributed by atoms with E-state index in [0.717, 1.165) is 18.8 Å². The number of carbonyl (C=O) groups is 2. The van der Waals surface area contributed by atoms with Crippen LogP contribution >= 0.6 is 11.6 Å². The number of amides is 4. The molecule has 1 aromatic carbocycles. The zero-order valence-corrected chi connectivity index (χ0v) is 12.3. The van der Waals surface area contributed by atoms with Crippen LogP contribution in [0, 0.1) is 0 Å². The number of anilines is 1. The maximum absolute atomic E-state index is 12.3. The number of carbonyl (C=O) groups excluding carboxylic acids is 2. The van der Waals surface area contributed by atoms with Crippen LogP contribution < -0.4 is 10.2 Å². The Morgan fingerprint density at radius 1 is 1.14 bits per heavy atom. The monoisotopic (exact) mass is 308 g/mol. The Bertz CT molecular complexity index is 558. The van der Waals surface area contributed by atoms with Crippen molar-refractivity contribution in [3.8, 4) is 0 Å². The van der Waals surface area contributed by atoms with Gasteiger partial charge in [0.25, 0.3) is 0 Å². The van der Waals surface area contributed by atoms with Crippen LogP contribution in [-0.4, -0.2) is 61.1 Å². The number of nitrogens with zero attached hydrogens (tertiary/aromatic N) is 3. The number of imide groups is 1. The predicted molar refractivity (Wildman–Crippen MR) is 80.7 cm³/mol. The van der Waals surface area contributed by atoms with E-state index in [1.807, 2.05) is 24.3 Å². The van der Waals surface area contributed by atoms with Gasteiger partial charge in [0.1, 0.15) is 0 Å². The predicted octanol–water partition coefficient (Wildman–Crippen LogP) is 1.61. The van der Waals surface area contributed by atoms with Crippen molar-refractivity contribution in [3.05, 3.63) is 29.3 Å². The van der Waals surface area contributed by atoms with Gasteiger partial charge in [0, 0.05) is 50.0 Å². The highest BCUT2D eigenvalue weighted by molar-refractivity contribution is 6.30. The van der Waals surface area contributed by atoms with Gasteiger partial charge >= 0.3 is 12.1 Å². The number of hydrogen-bond donors (Lipinski definition) is 1. The lowest BCUT2D eigenvalue weighted by Gasteiger charge is -2.37. The van der Waals surface area contributed by atoms with Crippen molar-refractivity contribution in [1.29, 1.82) is 0 Å². The molecule has 7 heteroatoms. The van der Waals surface area contributed by atoms with Crippen LogP contribution in [0.5, 0.6) is 0 Å². The van der Waals surface area contributed by atoms with E-state index in [1.54, 1.807) is 4.90 Å². The normalized spacial score (nSPS) is 18.9. The minimum Gasteiger partial charge on any atom is -0.368 e. The molecule has 0 bridgehead atoms. The number of halogens is 1. The first-order valence-electron chi connectivity index (χ1n) is 7.00. The number of hydrogen-bond acceptors (Lipinski definition) is 3. The zero-order valence-electron chi connectivity index (χ0n) is 11.6. The van der Waals surface area contributed by atoms with Gasteiger partial charge in [-0.25, -0.2) is 14.5 Å². The van der Waals surface area contributed by atoms with Crippen molar-refractivity contribution in [1.82, 2.24) is 15.1 Å². The highest BCUT2D eigenvalue weighted by Crippen LogP contribution is 2.21. The van der Waals surface area contributed by atoms with E-state index in [2.05, 4.69) is 10.2 Å². The van der Waals surface area contributed by atoms with E-state index in [1.165, 1.54) is 4.90 Å². The van der Waals surface area contributed by atoms with Gasteiger partial charge in [0.2, 0.25) is 0 Å². The fraction of sp³-hybridized carbons (Fsp3) is 0.429. The summed E-state index contributed by atoms with van der Waals surface area (Å²) in [6.07, 6.45) is 0. The van der Waals surface area contributed by atoms with E-state index >= 15 is 0 Å². The molecule has 2 fully saturated rings. The lowest BCUT2D eigenvalue weighted by atomic mass is 10.2. The smallest absolute Gasteiger partial charge is 0.328 e. The van der Waals surface area contributed by atoms with Gasteiger partial charge < -0.3 is 15.1 Å². The molecular formula is C14H17ClN4O2. The summed E-state index contributed by atoms with van der Waals surface area (Å²) in [7, 11) is 0. The quantitative estimate of drug-likeness (QED) is 0.857. The summed E-state index contributed by atoms with van der Waals surface area (Å²) >= 11 is 6.00. The molecule has 1 aromatic rings. The first kappa shape index (κ1) is 14.0. The van der Waals surface area contributed by atoms with Crippen molar-refractivity contribution < 1.29 is 9.59 Å². The van der Waals surface area contributed by atoms with Gasteiger partial charge in [-0.15, -0.1) is 0 Å². The molecule has 4 amide bonds. The van der Waals surface area contributed by atoms with Gasteiger partial charge in [-0.2, -0.15) is 0 Å². The number of nitrogens with one attached hydrogen (secondary N) is 1. The summed E-state index contributed by atoms with van der Waals surface area (Å²) in [6.45, 7) is 3.67. The Morgan fingerprint density at radius 3 is 2.52 bits per heavy atom. The molecule has 2 saturated heterocycles. The van der Waals surface area contributed by atoms with Gasteiger partial charge in [0.15, 0.2) is 0 Å². The molecule has 1 N–H and O–H groups in total. The fourth-order valence-electron chi connectivity index (χ4n) is 2.65. The van der Waals surface area contributed by atoms with E-state index in [4.69, 9.17) is 11.6 Å². The molecule has 2 aliphatic rings. The summed E-state index contributed by atoms with van der Waals surface area (Å²) in [5.74, 6) is 0. The molecule has 2 heterocycles. The number of urea groups is 2. The Labute approximate surface area is 128 Å². The molecule has 0 unspecified atom stereocenters. The van der Waals surface area contributed by atoms with Gasteiger partial charge in [0.05, 0.1) is 0 Å². The molecule has 0 radical (unpaired) electrons. The molecule has 2 aliphatic heterocycles. The molecular weight excluding hydrogens is 292 g/mol. The first-order valence-corrected chi connectivity index (χ1v) is 7.38. The van der Waals surface area contributed by atoms with Gasteiger partial charge in [-0.1, -0.05) is 17.7 Å². The van der Waals surface area contributed by atoms with Gasteiger partial charge in [-0.3, -0.25) is 0 Å². The van der Waals surface area contributed by atoms with E-state index in [0.29, 0.717) is 31.2 Å². The number of piperazine rings is 1. The maximum Gasteiger partial charge on any atom is 0.328 e. The van der Waals surface area contributed by atoms with Crippen LogP contribution in [0.15, 0.2) is 24.3 Å². The van der Waals surface area contributed by atoms with Crippen molar-refractivity contribution in [2.75, 3.05) is 44.2 Å². The summed E-state index contributed by atoms with van der Waals surface area (Å²) in [5, 5.41) is 3.35. The number of rotatable bonds is 1. The number of benzene rings is 1. The third-order valence-corrected chi connectivity index (χ3v) is 4.05. The SMILES string of the molecule is O=C1NCCN1C(=O)N1CCN(c2cccc(Cl)c2)CC1. The molecule has 112 valence electrons. The topological polar surface area (TPSA) is 55.9 Å². The second kappa shape index (κ2) is 5.81. The molecule has 21 heavy (non-hydrogen) atoms. The summed E-state index contributed by atoms with van der Waals surface area (Å²) in [5.41, 5.74) is 1.06. The van der Waals surface area contributed by atoms with Crippen LogP contribution in [0.4, 0.5) is 15.3 Å². The van der Waals surface area contributed by atoms with E-state index in [9.17, 15) is 9.59 Å². The largest absolute Gasteiger partial charge is 0.368 e. The Morgan fingerprint density at radius 2 is 1.90 bits per heavy atom. The highest BCUT2D eigenvalue weighted by atomic mass is 35.5. The minimum atomic E-state index is -0.294. The molecule has 0 aromatic heterocycles. The second-order valence-corrected chi connectivity index (χ2v) is 5.56. The minimum absolute atomic E-state index is 0.198. The third kappa shape index (κ3) is 2.90. The van der Waals surface area contributed by atoms with E-state index in [-0.39, 0.29) is 12.1 Å². The fourth-order valence-corrected chi connectivity index (χ4v) is 2.84. The standard InChI is InChI=1S/C14H17ClN4O2/c15-11-2-1-3-12(10-11)17-6-8-18(9-7-17)14(21)19-5-4-16-13(19)20/h1-3,10H,4-9H2,(H,16,20). The average Bonchev–Trinajstić information content (AvgIpc) is 2.93. The van der Waals surface area contributed by atoms with Crippen LogP contribution in [-0.2, 0) is 0 Å². The molecule has 0 aliphatic carbocycles. The molecule has 0 atom stereocenters. The van der Waals surface area contributed by atoms with Crippen LogP contribution in [0.25, 0.3) is 0 Å². The van der Waals surface area contributed by atoms with Crippen molar-refractivity contribution in [2.45, 2.75) is 0 Å². The Balaban J connectivity index is 1.60. The lowest BCUT2D eigenvalue weighted by Crippen LogP contribution is -2.53. The molecule has 0 saturated carbocycles. The lowest BCUT2D eigenvalue weighted by molar-refractivity contribution is 0.161. The molecule has 0 spiro atoms. The summed E-state index contributed by atoms with van der Waals surface area (Å²) in [6, 6.07) is 7.21. The van der Waals surface area contributed by atoms with E-state index < -0.39 is 0 Å². The summed E-state index contributed by atoms with van der Waals surface area (Å²) < 4.78 is 0. The Kier molecular flexibility index (Phi) is 3.88. The average molecular weight is 309 g/mol. The molecule has 3 rings (SSSR count). The zero-order chi connectivity index (χ0) is 14.8. The molecule has 6 nitrogen and oxygen atoms in total. The van der Waals surface area contributed by atoms with Crippen LogP contribution in [0.2, 0.25) is 5.02 Å². The second-order valence-electron chi connectivity index (χ2n) is 5.12. The Hall–Kier alpha value is -1.95. The van der Waals surface area contributed by atoms with Crippen LogP contribution in [0.1, 0.15) is 0 Å². The first-order chi connectivity index (χ1) is 10.1. The third-order valence-electron chi connectivity index (χ3n) is 3.81. The van der Waals surface area contributed by atoms with Crippen LogP contribution in [0.3, 0.4) is 0 Å². The van der Waals surface area contributed by atoms with Crippen molar-refractivity contribution >= 4 is 29.4 Å².